The Labute approximate surface area is 197 Å². The van der Waals surface area contributed by atoms with E-state index in [1.807, 2.05) is 0 Å². The predicted molar refractivity (Wildman–Crippen MR) is 128 cm³/mol. The second-order valence-electron chi connectivity index (χ2n) is 7.72. The first-order chi connectivity index (χ1) is 16.8. The zero-order valence-electron chi connectivity index (χ0n) is 17.8. The van der Waals surface area contributed by atoms with E-state index >= 15 is 0 Å². The van der Waals surface area contributed by atoms with Crippen molar-refractivity contribution in [3.8, 4) is 16.9 Å². The number of carbonyl (C=O) groups is 1. The highest BCUT2D eigenvalue weighted by Gasteiger charge is 2.29. The molecule has 1 heterocycles. The van der Waals surface area contributed by atoms with Crippen molar-refractivity contribution in [3.63, 3.8) is 0 Å². The number of fused-ring (bicyclic) bond motifs is 3. The Balaban J connectivity index is 1.98. The normalized spacial score (nSPS) is 11.7. The summed E-state index contributed by atoms with van der Waals surface area (Å²) in [6.45, 7) is 0. The van der Waals surface area contributed by atoms with Crippen molar-refractivity contribution in [2.24, 2.45) is 0 Å². The van der Waals surface area contributed by atoms with Crippen LogP contribution in [0.15, 0.2) is 83.8 Å². The third-order valence-electron chi connectivity index (χ3n) is 5.78. The largest absolute Gasteiger partial charge is 0.506 e. The molecule has 0 radical (unpaired) electrons. The number of hydrogen-bond donors (Lipinski definition) is 1. The quantitative estimate of drug-likeness (QED) is 0.204. The van der Waals surface area contributed by atoms with Gasteiger partial charge in [-0.2, -0.15) is 0 Å². The van der Waals surface area contributed by atoms with Crippen LogP contribution in [0.4, 0.5) is 10.1 Å². The molecule has 0 unspecified atom stereocenters. The van der Waals surface area contributed by atoms with Crippen LogP contribution in [-0.4, -0.2) is 28.7 Å². The highest BCUT2D eigenvalue weighted by molar-refractivity contribution is 7.90. The first-order valence-corrected chi connectivity index (χ1v) is 11.7. The number of nitrogens with zero attached hydrogens (tertiary/aromatic N) is 2. The summed E-state index contributed by atoms with van der Waals surface area (Å²) in [5.74, 6) is -1.40. The molecule has 10 heteroatoms. The molecule has 0 fully saturated rings. The molecule has 174 valence electrons. The Hall–Kier alpha value is -4.57. The molecule has 0 aliphatic rings. The van der Waals surface area contributed by atoms with Crippen LogP contribution in [0.2, 0.25) is 0 Å². The molecule has 0 saturated heterocycles. The summed E-state index contributed by atoms with van der Waals surface area (Å²) in [7, 11) is -4.19. The Kier molecular flexibility index (Phi) is 5.10. The first kappa shape index (κ1) is 22.2. The second kappa shape index (κ2) is 8.03. The number of phenolic OH excluding ortho intramolecular Hbond substituents is 1. The number of phenols is 1. The number of nitro groups is 1. The average Bonchev–Trinajstić information content (AvgIpc) is 3.19. The number of aromatic hydroxyl groups is 1. The van der Waals surface area contributed by atoms with E-state index in [-0.39, 0.29) is 38.0 Å². The van der Waals surface area contributed by atoms with Gasteiger partial charge in [-0.15, -0.1) is 0 Å². The van der Waals surface area contributed by atoms with E-state index < -0.39 is 32.2 Å². The van der Waals surface area contributed by atoms with Gasteiger partial charge in [0.1, 0.15) is 11.6 Å². The standard InChI is InChI=1S/C25H15FN2O6S/c26-15-10-11-17(22(12-15)28(31)32)19-13-23-24(25(30)20(19)14-29)18-8-4-5-9-21(18)27(23)35(33,34)16-6-2-1-3-7-16/h1-14,30H. The lowest BCUT2D eigenvalue weighted by molar-refractivity contribution is -0.384. The van der Waals surface area contributed by atoms with Crippen LogP contribution in [0, 0.1) is 15.9 Å². The van der Waals surface area contributed by atoms with Gasteiger partial charge in [-0.25, -0.2) is 16.8 Å². The van der Waals surface area contributed by atoms with E-state index in [0.29, 0.717) is 17.7 Å². The van der Waals surface area contributed by atoms with Gasteiger partial charge in [-0.05, 0) is 36.4 Å². The number of benzene rings is 4. The molecule has 1 N–H and O–H groups in total. The van der Waals surface area contributed by atoms with E-state index in [2.05, 4.69) is 0 Å². The van der Waals surface area contributed by atoms with Crippen molar-refractivity contribution in [1.29, 1.82) is 0 Å². The molecule has 0 aliphatic carbocycles. The molecule has 5 aromatic rings. The maximum atomic E-state index is 13.8. The Morgan fingerprint density at radius 1 is 0.914 bits per heavy atom. The smallest absolute Gasteiger partial charge is 0.280 e. The summed E-state index contributed by atoms with van der Waals surface area (Å²) in [6, 6.07) is 18.1. The van der Waals surface area contributed by atoms with Crippen molar-refractivity contribution in [1.82, 2.24) is 3.97 Å². The van der Waals surface area contributed by atoms with Gasteiger partial charge < -0.3 is 5.11 Å². The fourth-order valence-electron chi connectivity index (χ4n) is 4.27. The lowest BCUT2D eigenvalue weighted by Crippen LogP contribution is -2.12. The Morgan fingerprint density at radius 2 is 1.60 bits per heavy atom. The van der Waals surface area contributed by atoms with Gasteiger partial charge in [0.05, 0.1) is 43.4 Å². The fraction of sp³-hybridized carbons (Fsp3) is 0. The molecule has 4 aromatic carbocycles. The minimum absolute atomic E-state index is 0.00627. The third kappa shape index (κ3) is 3.34. The molecule has 5 rings (SSSR count). The SMILES string of the molecule is O=Cc1c(-c2ccc(F)cc2[N+](=O)[O-])cc2c(c1O)c1ccccc1n2S(=O)(=O)c1ccccc1. The average molecular weight is 490 g/mol. The number of hydrogen-bond acceptors (Lipinski definition) is 6. The molecule has 35 heavy (non-hydrogen) atoms. The van der Waals surface area contributed by atoms with E-state index in [1.54, 1.807) is 42.5 Å². The van der Waals surface area contributed by atoms with Crippen LogP contribution in [-0.2, 0) is 10.0 Å². The van der Waals surface area contributed by atoms with E-state index in [9.17, 15) is 32.8 Å². The summed E-state index contributed by atoms with van der Waals surface area (Å²) >= 11 is 0. The molecule has 0 saturated carbocycles. The summed E-state index contributed by atoms with van der Waals surface area (Å²) in [5.41, 5.74) is -0.933. The van der Waals surface area contributed by atoms with Crippen LogP contribution in [0.5, 0.6) is 5.75 Å². The summed E-state index contributed by atoms with van der Waals surface area (Å²) in [4.78, 5) is 22.8. The van der Waals surface area contributed by atoms with Crippen LogP contribution in [0.3, 0.4) is 0 Å². The molecular formula is C25H15FN2O6S. The molecule has 0 spiro atoms. The fourth-order valence-corrected chi connectivity index (χ4v) is 5.80. The molecule has 8 nitrogen and oxygen atoms in total. The van der Waals surface area contributed by atoms with Gasteiger partial charge in [-0.1, -0.05) is 36.4 Å². The van der Waals surface area contributed by atoms with Gasteiger partial charge in [0, 0.05) is 10.9 Å². The first-order valence-electron chi connectivity index (χ1n) is 10.2. The van der Waals surface area contributed by atoms with Crippen molar-refractivity contribution < 1.29 is 27.6 Å². The number of nitro benzene ring substituents is 1. The van der Waals surface area contributed by atoms with Crippen LogP contribution >= 0.6 is 0 Å². The van der Waals surface area contributed by atoms with E-state index in [1.165, 1.54) is 18.2 Å². The Morgan fingerprint density at radius 3 is 2.29 bits per heavy atom. The summed E-state index contributed by atoms with van der Waals surface area (Å²) in [5, 5.41) is 23.2. The number of aromatic nitrogens is 1. The van der Waals surface area contributed by atoms with Crippen LogP contribution in [0.25, 0.3) is 32.9 Å². The molecule has 0 bridgehead atoms. The molecule has 0 atom stereocenters. The van der Waals surface area contributed by atoms with Crippen molar-refractivity contribution in [2.75, 3.05) is 0 Å². The number of carbonyl (C=O) groups excluding carboxylic acids is 1. The number of para-hydroxylation sites is 1. The van der Waals surface area contributed by atoms with Gasteiger partial charge >= 0.3 is 0 Å². The zero-order chi connectivity index (χ0) is 24.9. The van der Waals surface area contributed by atoms with Crippen LogP contribution in [0.1, 0.15) is 10.4 Å². The molecule has 1 aromatic heterocycles. The third-order valence-corrected chi connectivity index (χ3v) is 7.52. The highest BCUT2D eigenvalue weighted by atomic mass is 32.2. The summed E-state index contributed by atoms with van der Waals surface area (Å²) < 4.78 is 42.2. The van der Waals surface area contributed by atoms with Gasteiger partial charge in [0.15, 0.2) is 6.29 Å². The second-order valence-corrected chi connectivity index (χ2v) is 9.50. The number of halogens is 1. The van der Waals surface area contributed by atoms with Crippen molar-refractivity contribution >= 4 is 43.8 Å². The van der Waals surface area contributed by atoms with Crippen molar-refractivity contribution in [3.05, 3.63) is 100 Å². The zero-order valence-corrected chi connectivity index (χ0v) is 18.6. The van der Waals surface area contributed by atoms with Gasteiger partial charge in [0.2, 0.25) is 0 Å². The molecular weight excluding hydrogens is 475 g/mol. The lowest BCUT2D eigenvalue weighted by atomic mass is 9.95. The van der Waals surface area contributed by atoms with Crippen molar-refractivity contribution in [2.45, 2.75) is 4.90 Å². The van der Waals surface area contributed by atoms with Gasteiger partial charge in [0.25, 0.3) is 15.7 Å². The monoisotopic (exact) mass is 490 g/mol. The maximum absolute atomic E-state index is 13.8. The minimum Gasteiger partial charge on any atom is -0.506 e. The molecule has 0 amide bonds. The van der Waals surface area contributed by atoms with E-state index in [0.717, 1.165) is 16.1 Å². The number of rotatable bonds is 5. The van der Waals surface area contributed by atoms with Crippen LogP contribution < -0.4 is 0 Å². The minimum atomic E-state index is -4.19. The Bertz CT molecular complexity index is 1780. The number of aldehydes is 1. The maximum Gasteiger partial charge on any atom is 0.280 e. The van der Waals surface area contributed by atoms with E-state index in [4.69, 9.17) is 0 Å². The lowest BCUT2D eigenvalue weighted by Gasteiger charge is -2.13. The predicted octanol–water partition coefficient (Wildman–Crippen LogP) is 5.26. The topological polar surface area (TPSA) is 120 Å². The summed E-state index contributed by atoms with van der Waals surface area (Å²) in [6.07, 6.45) is 0.328. The highest BCUT2D eigenvalue weighted by Crippen LogP contribution is 2.44. The molecule has 0 aliphatic heterocycles. The van der Waals surface area contributed by atoms with Gasteiger partial charge in [-0.3, -0.25) is 14.9 Å².